The third-order valence-corrected chi connectivity index (χ3v) is 14.3. The molecule has 7 rings (SSSR count). The number of aliphatic hydroxyl groups is 1. The summed E-state index contributed by atoms with van der Waals surface area (Å²) in [7, 11) is -3.62. The van der Waals surface area contributed by atoms with Crippen molar-refractivity contribution in [2.75, 3.05) is 41.8 Å². The van der Waals surface area contributed by atoms with E-state index in [1.807, 2.05) is 61.5 Å². The number of benzene rings is 3. The van der Waals surface area contributed by atoms with Crippen molar-refractivity contribution in [1.82, 2.24) is 15.5 Å². The number of hydrogen-bond donors (Lipinski definition) is 5. The van der Waals surface area contributed by atoms with E-state index >= 15 is 8.90 Å². The van der Waals surface area contributed by atoms with Crippen LogP contribution in [-0.2, 0) is 42.6 Å². The Morgan fingerprint density at radius 2 is 1.57 bits per heavy atom. The zero-order valence-electron chi connectivity index (χ0n) is 32.4. The van der Waals surface area contributed by atoms with Gasteiger partial charge < -0.3 is 45.0 Å². The number of anilines is 3. The average Bonchev–Trinajstić information content (AvgIpc) is 3.98. The Labute approximate surface area is 328 Å². The van der Waals surface area contributed by atoms with E-state index in [0.717, 1.165) is 49.9 Å². The van der Waals surface area contributed by atoms with Crippen LogP contribution in [0.5, 0.6) is 0 Å². The minimum absolute atomic E-state index is 0.0907. The van der Waals surface area contributed by atoms with Crippen LogP contribution in [0.3, 0.4) is 0 Å². The molecule has 4 amide bonds. The molecule has 0 unspecified atom stereocenters. The number of carbonyl (C=O) groups is 4. The molecule has 0 aliphatic carbocycles. The number of amides is 4. The molecule has 4 heterocycles. The monoisotopic (exact) mass is 784 g/mol. The molecule has 0 bridgehead atoms. The lowest BCUT2D eigenvalue weighted by atomic mass is 9.82. The summed E-state index contributed by atoms with van der Waals surface area (Å²) in [6.07, 6.45) is 2.22. The molecule has 0 saturated carbocycles. The molecule has 3 aromatic carbocycles. The summed E-state index contributed by atoms with van der Waals surface area (Å²) < 4.78 is 23.6. The summed E-state index contributed by atoms with van der Waals surface area (Å²) in [6, 6.07) is 21.6. The fourth-order valence-corrected chi connectivity index (χ4v) is 11.7. The van der Waals surface area contributed by atoms with Gasteiger partial charge in [-0.2, -0.15) is 0 Å². The van der Waals surface area contributed by atoms with Crippen LogP contribution in [0.2, 0.25) is 18.6 Å². The van der Waals surface area contributed by atoms with Crippen molar-refractivity contribution in [3.8, 4) is 0 Å². The Bertz CT molecular complexity index is 1930. The van der Waals surface area contributed by atoms with Crippen LogP contribution >= 0.6 is 0 Å². The van der Waals surface area contributed by atoms with E-state index in [1.165, 1.54) is 0 Å². The third kappa shape index (κ3) is 8.03. The first-order chi connectivity index (χ1) is 26.9. The first-order valence-corrected chi connectivity index (χ1v) is 22.8. The molecule has 4 aliphatic heterocycles. The number of fused-ring (bicyclic) bond motifs is 2. The number of halogens is 1. The van der Waals surface area contributed by atoms with Gasteiger partial charge in [-0.25, -0.2) is 0 Å². The summed E-state index contributed by atoms with van der Waals surface area (Å²) in [4.78, 5) is 58.5. The molecule has 56 heavy (non-hydrogen) atoms. The maximum absolute atomic E-state index is 16.7. The van der Waals surface area contributed by atoms with E-state index in [2.05, 4.69) is 21.3 Å². The van der Waals surface area contributed by atoms with Gasteiger partial charge in [0, 0.05) is 41.5 Å². The predicted molar refractivity (Wildman–Crippen MR) is 215 cm³/mol. The van der Waals surface area contributed by atoms with Crippen LogP contribution in [0.4, 0.5) is 21.2 Å². The number of ether oxygens (including phenoxy) is 1. The minimum atomic E-state index is -3.62. The van der Waals surface area contributed by atoms with Crippen LogP contribution in [0.15, 0.2) is 72.8 Å². The highest BCUT2D eigenvalue weighted by Gasteiger charge is 2.67. The van der Waals surface area contributed by atoms with Gasteiger partial charge in [-0.15, -0.1) is 0 Å². The summed E-state index contributed by atoms with van der Waals surface area (Å²) in [5, 5.41) is 22.3. The minimum Gasteiger partial charge on any atom is -0.395 e. The summed E-state index contributed by atoms with van der Waals surface area (Å²) in [5.74, 6) is -1.64. The van der Waals surface area contributed by atoms with Crippen molar-refractivity contribution < 1.29 is 33.1 Å². The Balaban J connectivity index is 1.22. The molecule has 6 atom stereocenters. The maximum Gasteiger partial charge on any atom is 0.264 e. The van der Waals surface area contributed by atoms with Gasteiger partial charge in [-0.1, -0.05) is 49.4 Å². The number of rotatable bonds is 13. The van der Waals surface area contributed by atoms with Crippen LogP contribution in [-0.4, -0.2) is 86.5 Å². The number of carbonyl (C=O) groups excluding carboxylic acids is 4. The number of hydrogen-bond acceptors (Lipinski definition) is 8. The summed E-state index contributed by atoms with van der Waals surface area (Å²) in [6.45, 7) is 6.82. The first kappa shape index (κ1) is 39.8. The molecule has 14 heteroatoms. The molecular formula is C42H53FN6O6Si. The normalized spacial score (nSPS) is 25.8. The van der Waals surface area contributed by atoms with Gasteiger partial charge in [0.15, 0.2) is 5.60 Å². The third-order valence-electron chi connectivity index (χ3n) is 11.8. The predicted octanol–water partition coefficient (Wildman–Crippen LogP) is 4.80. The molecule has 3 aromatic rings. The second kappa shape index (κ2) is 16.6. The van der Waals surface area contributed by atoms with Crippen molar-refractivity contribution in [3.63, 3.8) is 0 Å². The molecule has 1 spiro atoms. The summed E-state index contributed by atoms with van der Waals surface area (Å²) in [5.41, 5.74) is 1.45. The van der Waals surface area contributed by atoms with E-state index in [9.17, 15) is 19.5 Å². The van der Waals surface area contributed by atoms with Crippen LogP contribution in [0.25, 0.3) is 0 Å². The molecule has 0 radical (unpaired) electrons. The van der Waals surface area contributed by atoms with Crippen molar-refractivity contribution >= 4 is 49.1 Å². The largest absolute Gasteiger partial charge is 0.395 e. The number of nitrogens with zero attached hydrogens (tertiary/aromatic N) is 2. The SMILES string of the molecule is C[C@H]1[C@H]([Si](C)(C)F)[C@@H](CC(=O)N(CCO)Cc2ccccc2)O[C@]12C(=O)N(Cc1cccc(NC(=O)[C@H]3CCCN3)c1)c1ccc(NC(=O)[C@H]3CCCN3)cc12. The van der Waals surface area contributed by atoms with E-state index < -0.39 is 31.6 Å². The average molecular weight is 785 g/mol. The zero-order chi connectivity index (χ0) is 39.6. The lowest BCUT2D eigenvalue weighted by Crippen LogP contribution is -2.45. The van der Waals surface area contributed by atoms with Gasteiger partial charge in [0.25, 0.3) is 5.91 Å². The van der Waals surface area contributed by atoms with Crippen LogP contribution in [0.1, 0.15) is 55.7 Å². The lowest BCUT2D eigenvalue weighted by molar-refractivity contribution is -0.150. The van der Waals surface area contributed by atoms with E-state index in [4.69, 9.17) is 4.74 Å². The lowest BCUT2D eigenvalue weighted by Gasteiger charge is -2.31. The van der Waals surface area contributed by atoms with Gasteiger partial charge in [0.1, 0.15) is 0 Å². The Morgan fingerprint density at radius 1 is 0.929 bits per heavy atom. The van der Waals surface area contributed by atoms with Crippen molar-refractivity contribution in [2.45, 2.75) is 94.5 Å². The van der Waals surface area contributed by atoms with Crippen molar-refractivity contribution in [3.05, 3.63) is 89.5 Å². The molecule has 5 N–H and O–H groups in total. The second-order valence-corrected chi connectivity index (χ2v) is 19.9. The maximum atomic E-state index is 16.7. The quantitative estimate of drug-likeness (QED) is 0.123. The van der Waals surface area contributed by atoms with Crippen molar-refractivity contribution in [1.29, 1.82) is 0 Å². The van der Waals surface area contributed by atoms with Crippen LogP contribution in [0, 0.1) is 5.92 Å². The van der Waals surface area contributed by atoms with Gasteiger partial charge in [0.2, 0.25) is 26.1 Å². The fourth-order valence-electron chi connectivity index (χ4n) is 9.21. The van der Waals surface area contributed by atoms with Crippen molar-refractivity contribution in [2.24, 2.45) is 5.92 Å². The molecule has 0 aromatic heterocycles. The van der Waals surface area contributed by atoms with E-state index in [1.54, 1.807) is 41.1 Å². The topological polar surface area (TPSA) is 152 Å². The van der Waals surface area contributed by atoms with E-state index in [0.29, 0.717) is 22.6 Å². The Hall–Kier alpha value is -4.47. The molecule has 298 valence electrons. The zero-order valence-corrected chi connectivity index (χ0v) is 33.4. The molecule has 3 saturated heterocycles. The number of aliphatic hydroxyl groups excluding tert-OH is 1. The molecule has 3 fully saturated rings. The highest BCUT2D eigenvalue weighted by atomic mass is 28.4. The van der Waals surface area contributed by atoms with Crippen LogP contribution < -0.4 is 26.2 Å². The number of nitrogens with one attached hydrogen (secondary N) is 4. The standard InChI is InChI=1S/C42H53FN6O6Si/c1-27-38(56(2,3)43)36(24-37(51)48(20-21-50)25-28-10-5-4-6-11-28)55-42(27)32-23-31(47-40(53)34-15-9-19-45-34)16-17-35(32)49(41(42)54)26-29-12-7-13-30(22-29)46-39(52)33-14-8-18-44-33/h4-7,10-13,16-17,22-23,27,33-34,36,38,44-45,50H,8-9,14-15,18-21,24-26H2,1-3H3,(H,46,52)(H,47,53)/t27-,33+,34+,36+,38-,42+/m0/s1. The smallest absolute Gasteiger partial charge is 0.264 e. The molecule has 12 nitrogen and oxygen atoms in total. The van der Waals surface area contributed by atoms with Gasteiger partial charge >= 0.3 is 0 Å². The van der Waals surface area contributed by atoms with E-state index in [-0.39, 0.29) is 68.4 Å². The van der Waals surface area contributed by atoms with Gasteiger partial charge in [-0.3, -0.25) is 19.2 Å². The molecule has 4 aliphatic rings. The summed E-state index contributed by atoms with van der Waals surface area (Å²) >= 11 is 0. The van der Waals surface area contributed by atoms with Gasteiger partial charge in [-0.05, 0) is 93.3 Å². The van der Waals surface area contributed by atoms with Gasteiger partial charge in [0.05, 0.1) is 43.4 Å². The second-order valence-electron chi connectivity index (χ2n) is 16.1. The fraction of sp³-hybridized carbons (Fsp3) is 0.476. The highest BCUT2D eigenvalue weighted by molar-refractivity contribution is 6.72. The Kier molecular flexibility index (Phi) is 11.8. The highest BCUT2D eigenvalue weighted by Crippen LogP contribution is 2.60. The first-order valence-electron chi connectivity index (χ1n) is 19.8. The Morgan fingerprint density at radius 3 is 2.18 bits per heavy atom. The molecular weight excluding hydrogens is 732 g/mol.